The third kappa shape index (κ3) is 5.88. The van der Waals surface area contributed by atoms with E-state index >= 15 is 0 Å². The molecule has 0 bridgehead atoms. The van der Waals surface area contributed by atoms with E-state index in [0.717, 1.165) is 21.7 Å². The first-order chi connectivity index (χ1) is 11.8. The molecule has 0 fully saturated rings. The third-order valence-corrected chi connectivity index (χ3v) is 4.84. The van der Waals surface area contributed by atoms with Crippen LogP contribution in [0.1, 0.15) is 11.1 Å². The summed E-state index contributed by atoms with van der Waals surface area (Å²) in [5, 5.41) is 2.69. The second-order valence-corrected chi connectivity index (χ2v) is 7.78. The van der Waals surface area contributed by atoms with Gasteiger partial charge in [0.25, 0.3) is 0 Å². The van der Waals surface area contributed by atoms with Crippen LogP contribution >= 0.6 is 0 Å². The molecule has 1 N–H and O–H groups in total. The predicted molar refractivity (Wildman–Crippen MR) is 98.1 cm³/mol. The zero-order valence-corrected chi connectivity index (χ0v) is 15.3. The first-order valence-electron chi connectivity index (χ1n) is 7.72. The number of methoxy groups -OCH3 is 1. The molecule has 2 rings (SSSR count). The lowest BCUT2D eigenvalue weighted by molar-refractivity contribution is -0.116. The molecule has 0 unspecified atom stereocenters. The van der Waals surface area contributed by atoms with Crippen LogP contribution in [-0.2, 0) is 21.4 Å². The molecule has 2 aromatic rings. The highest BCUT2D eigenvalue weighted by atomic mass is 32.2. The number of nitrogens with one attached hydrogen (secondary N) is 1. The minimum Gasteiger partial charge on any atom is -0.497 e. The molecule has 0 aromatic heterocycles. The number of carbonyl (C=O) groups is 1. The summed E-state index contributed by atoms with van der Waals surface area (Å²) in [5.41, 5.74) is 2.50. The van der Waals surface area contributed by atoms with E-state index in [-0.39, 0.29) is 13.1 Å². The SMILES string of the molecule is COc1ccc(NC(=O)CN(Cc2ccc(C)cc2)S(C)(=O)=O)cc1. The maximum Gasteiger partial charge on any atom is 0.239 e. The van der Waals surface area contributed by atoms with E-state index in [9.17, 15) is 13.2 Å². The number of benzene rings is 2. The summed E-state index contributed by atoms with van der Waals surface area (Å²) in [6.45, 7) is 1.86. The molecule has 2 aromatic carbocycles. The molecule has 6 nitrogen and oxygen atoms in total. The number of sulfonamides is 1. The highest BCUT2D eigenvalue weighted by Gasteiger charge is 2.20. The van der Waals surface area contributed by atoms with Gasteiger partial charge >= 0.3 is 0 Å². The lowest BCUT2D eigenvalue weighted by Crippen LogP contribution is -2.36. The van der Waals surface area contributed by atoms with Crippen LogP contribution in [0.25, 0.3) is 0 Å². The summed E-state index contributed by atoms with van der Waals surface area (Å²) in [6, 6.07) is 14.4. The minimum atomic E-state index is -3.52. The lowest BCUT2D eigenvalue weighted by atomic mass is 10.1. The average Bonchev–Trinajstić information content (AvgIpc) is 2.56. The lowest BCUT2D eigenvalue weighted by Gasteiger charge is -2.19. The maximum atomic E-state index is 12.2. The second kappa shape index (κ2) is 8.13. The van der Waals surface area contributed by atoms with Crippen molar-refractivity contribution in [3.05, 3.63) is 59.7 Å². The molecular weight excluding hydrogens is 340 g/mol. The van der Waals surface area contributed by atoms with E-state index in [1.807, 2.05) is 31.2 Å². The van der Waals surface area contributed by atoms with Crippen LogP contribution in [0.2, 0.25) is 0 Å². The summed E-state index contributed by atoms with van der Waals surface area (Å²) >= 11 is 0. The summed E-state index contributed by atoms with van der Waals surface area (Å²) in [5.74, 6) is 0.276. The molecule has 134 valence electrons. The number of aryl methyl sites for hydroxylation is 1. The van der Waals surface area contributed by atoms with Gasteiger partial charge in [-0.15, -0.1) is 0 Å². The molecule has 0 radical (unpaired) electrons. The van der Waals surface area contributed by atoms with Gasteiger partial charge in [-0.2, -0.15) is 4.31 Å². The Morgan fingerprint density at radius 1 is 1.08 bits per heavy atom. The van der Waals surface area contributed by atoms with Crippen LogP contribution in [0.3, 0.4) is 0 Å². The quantitative estimate of drug-likeness (QED) is 0.821. The summed E-state index contributed by atoms with van der Waals surface area (Å²) in [7, 11) is -1.96. The van der Waals surface area contributed by atoms with Crippen molar-refractivity contribution in [2.45, 2.75) is 13.5 Å². The van der Waals surface area contributed by atoms with Crippen molar-refractivity contribution in [2.24, 2.45) is 0 Å². The maximum absolute atomic E-state index is 12.2. The Hall–Kier alpha value is -2.38. The standard InChI is InChI=1S/C18H22N2O4S/c1-14-4-6-15(7-5-14)12-20(25(3,22)23)13-18(21)19-16-8-10-17(24-2)11-9-16/h4-11H,12-13H2,1-3H3,(H,19,21). The van der Waals surface area contributed by atoms with Gasteiger partial charge in [-0.1, -0.05) is 29.8 Å². The Morgan fingerprint density at radius 3 is 2.20 bits per heavy atom. The first-order valence-corrected chi connectivity index (χ1v) is 9.57. The highest BCUT2D eigenvalue weighted by molar-refractivity contribution is 7.88. The van der Waals surface area contributed by atoms with Gasteiger partial charge in [0.1, 0.15) is 5.75 Å². The van der Waals surface area contributed by atoms with Gasteiger partial charge in [0.2, 0.25) is 15.9 Å². The van der Waals surface area contributed by atoms with Crippen LogP contribution in [0, 0.1) is 6.92 Å². The number of nitrogens with zero attached hydrogens (tertiary/aromatic N) is 1. The molecule has 0 atom stereocenters. The highest BCUT2D eigenvalue weighted by Crippen LogP contribution is 2.15. The van der Waals surface area contributed by atoms with Crippen molar-refractivity contribution >= 4 is 21.6 Å². The molecule has 0 aliphatic heterocycles. The number of hydrogen-bond donors (Lipinski definition) is 1. The van der Waals surface area contributed by atoms with Crippen molar-refractivity contribution in [1.82, 2.24) is 4.31 Å². The minimum absolute atomic E-state index is 0.148. The van der Waals surface area contributed by atoms with E-state index in [1.165, 1.54) is 0 Å². The fourth-order valence-corrected chi connectivity index (χ4v) is 2.96. The van der Waals surface area contributed by atoms with Crippen LogP contribution in [0.5, 0.6) is 5.75 Å². The Kier molecular flexibility index (Phi) is 6.17. The van der Waals surface area contributed by atoms with Gasteiger partial charge in [0.15, 0.2) is 0 Å². The van der Waals surface area contributed by atoms with Crippen molar-refractivity contribution in [2.75, 3.05) is 25.2 Å². The Morgan fingerprint density at radius 2 is 1.68 bits per heavy atom. The summed E-state index contributed by atoms with van der Waals surface area (Å²) < 4.78 is 30.2. The average molecular weight is 362 g/mol. The normalized spacial score (nSPS) is 11.4. The number of anilines is 1. The molecule has 1 amide bonds. The number of carbonyl (C=O) groups excluding carboxylic acids is 1. The number of rotatable bonds is 7. The molecule has 0 aliphatic rings. The van der Waals surface area contributed by atoms with Crippen molar-refractivity contribution in [3.63, 3.8) is 0 Å². The molecule has 7 heteroatoms. The van der Waals surface area contributed by atoms with Crippen LogP contribution in [-0.4, -0.2) is 38.5 Å². The van der Waals surface area contributed by atoms with Crippen LogP contribution in [0.4, 0.5) is 5.69 Å². The van der Waals surface area contributed by atoms with Crippen molar-refractivity contribution in [3.8, 4) is 5.75 Å². The summed E-state index contributed by atoms with van der Waals surface area (Å²) in [4.78, 5) is 12.2. The van der Waals surface area contributed by atoms with E-state index in [0.29, 0.717) is 11.4 Å². The molecule has 0 spiro atoms. The third-order valence-electron chi connectivity index (χ3n) is 3.64. The van der Waals surface area contributed by atoms with Gasteiger partial charge in [0, 0.05) is 12.2 Å². The zero-order valence-electron chi connectivity index (χ0n) is 14.5. The van der Waals surface area contributed by atoms with Crippen LogP contribution < -0.4 is 10.1 Å². The van der Waals surface area contributed by atoms with Gasteiger partial charge in [-0.3, -0.25) is 4.79 Å². The van der Waals surface area contributed by atoms with Crippen molar-refractivity contribution in [1.29, 1.82) is 0 Å². The Balaban J connectivity index is 2.05. The largest absolute Gasteiger partial charge is 0.497 e. The molecular formula is C18H22N2O4S. The Bertz CT molecular complexity index is 815. The fraction of sp³-hybridized carbons (Fsp3) is 0.278. The first kappa shape index (κ1) is 19.0. The van der Waals surface area contributed by atoms with Crippen molar-refractivity contribution < 1.29 is 17.9 Å². The van der Waals surface area contributed by atoms with Gasteiger partial charge in [-0.25, -0.2) is 8.42 Å². The van der Waals surface area contributed by atoms with E-state index in [4.69, 9.17) is 4.74 Å². The second-order valence-electron chi connectivity index (χ2n) is 5.79. The molecule has 0 saturated carbocycles. The zero-order chi connectivity index (χ0) is 18.4. The Labute approximate surface area is 148 Å². The smallest absolute Gasteiger partial charge is 0.239 e. The van der Waals surface area contributed by atoms with Gasteiger partial charge in [0.05, 0.1) is 19.9 Å². The number of hydrogen-bond acceptors (Lipinski definition) is 4. The predicted octanol–water partition coefficient (Wildman–Crippen LogP) is 2.40. The number of amides is 1. The monoisotopic (exact) mass is 362 g/mol. The van der Waals surface area contributed by atoms with Gasteiger partial charge in [-0.05, 0) is 36.8 Å². The van der Waals surface area contributed by atoms with Gasteiger partial charge < -0.3 is 10.1 Å². The molecule has 25 heavy (non-hydrogen) atoms. The summed E-state index contributed by atoms with van der Waals surface area (Å²) in [6.07, 6.45) is 1.10. The van der Waals surface area contributed by atoms with E-state index in [2.05, 4.69) is 5.32 Å². The molecule has 0 aliphatic carbocycles. The fourth-order valence-electron chi connectivity index (χ4n) is 2.22. The topological polar surface area (TPSA) is 75.7 Å². The molecule has 0 saturated heterocycles. The van der Waals surface area contributed by atoms with E-state index < -0.39 is 15.9 Å². The van der Waals surface area contributed by atoms with Crippen LogP contribution in [0.15, 0.2) is 48.5 Å². The number of ether oxygens (including phenoxy) is 1. The van der Waals surface area contributed by atoms with E-state index in [1.54, 1.807) is 31.4 Å². The molecule has 0 heterocycles.